The van der Waals surface area contributed by atoms with Gasteiger partial charge >= 0.3 is 0 Å². The molecule has 0 bridgehead atoms. The number of hydrogen-bond donors (Lipinski definition) is 2. The van der Waals surface area contributed by atoms with Crippen LogP contribution in [0.25, 0.3) is 0 Å². The van der Waals surface area contributed by atoms with Crippen LogP contribution >= 0.6 is 0 Å². The monoisotopic (exact) mass is 263 g/mol. The fourth-order valence-electron chi connectivity index (χ4n) is 2.22. The Hall–Kier alpha value is -1.69. The number of hydrogen-bond acceptors (Lipinski definition) is 5. The second kappa shape index (κ2) is 6.47. The van der Waals surface area contributed by atoms with Gasteiger partial charge in [0.05, 0.1) is 6.04 Å². The molecule has 0 aromatic carbocycles. The Morgan fingerprint density at radius 1 is 1.58 bits per heavy atom. The molecule has 1 aliphatic heterocycles. The molecule has 1 aliphatic rings. The Morgan fingerprint density at radius 2 is 2.32 bits per heavy atom. The molecule has 2 heterocycles. The summed E-state index contributed by atoms with van der Waals surface area (Å²) in [6, 6.07) is 1.51. The topological polar surface area (TPSA) is 84.1 Å². The Morgan fingerprint density at radius 3 is 3.00 bits per heavy atom. The van der Waals surface area contributed by atoms with Crippen LogP contribution in [0, 0.1) is 0 Å². The average molecular weight is 263 g/mol. The van der Waals surface area contributed by atoms with Gasteiger partial charge in [0.1, 0.15) is 0 Å². The minimum atomic E-state index is -0.414. The number of carbonyl (C=O) groups excluding carboxylic acids is 1. The van der Waals surface area contributed by atoms with Crippen LogP contribution < -0.4 is 16.0 Å². The first kappa shape index (κ1) is 13.7. The van der Waals surface area contributed by atoms with E-state index in [-0.39, 0.29) is 11.9 Å². The summed E-state index contributed by atoms with van der Waals surface area (Å²) in [5, 5.41) is 3.01. The summed E-state index contributed by atoms with van der Waals surface area (Å²) in [6.07, 6.45) is 6.12. The lowest BCUT2D eigenvalue weighted by Gasteiger charge is -2.33. The molecule has 19 heavy (non-hydrogen) atoms. The van der Waals surface area contributed by atoms with Gasteiger partial charge in [-0.15, -0.1) is 0 Å². The average Bonchev–Trinajstić information content (AvgIpc) is 2.47. The lowest BCUT2D eigenvalue weighted by molar-refractivity contribution is -0.123. The Balaban J connectivity index is 1.92. The molecule has 2 atom stereocenters. The van der Waals surface area contributed by atoms with Crippen molar-refractivity contribution in [3.63, 3.8) is 0 Å². The SMILES string of the molecule is CC[C@@H](N)C(=O)NC1CCCN(c2ncccn2)C1. The van der Waals surface area contributed by atoms with E-state index in [9.17, 15) is 4.79 Å². The second-order valence-electron chi connectivity index (χ2n) is 4.86. The summed E-state index contributed by atoms with van der Waals surface area (Å²) in [7, 11) is 0. The van der Waals surface area contributed by atoms with Gasteiger partial charge in [-0.3, -0.25) is 4.79 Å². The van der Waals surface area contributed by atoms with Gasteiger partial charge in [-0.25, -0.2) is 9.97 Å². The third kappa shape index (κ3) is 3.64. The molecule has 1 aromatic rings. The van der Waals surface area contributed by atoms with Gasteiger partial charge in [0.2, 0.25) is 11.9 Å². The van der Waals surface area contributed by atoms with Crippen LogP contribution in [0.4, 0.5) is 5.95 Å². The summed E-state index contributed by atoms with van der Waals surface area (Å²) < 4.78 is 0. The summed E-state index contributed by atoms with van der Waals surface area (Å²) in [6.45, 7) is 3.58. The van der Waals surface area contributed by atoms with E-state index in [1.54, 1.807) is 18.5 Å². The summed E-state index contributed by atoms with van der Waals surface area (Å²) in [4.78, 5) is 22.4. The van der Waals surface area contributed by atoms with Crippen molar-refractivity contribution in [3.8, 4) is 0 Å². The summed E-state index contributed by atoms with van der Waals surface area (Å²) >= 11 is 0. The molecule has 1 unspecified atom stereocenters. The maximum absolute atomic E-state index is 11.8. The maximum atomic E-state index is 11.8. The van der Waals surface area contributed by atoms with Crippen molar-refractivity contribution in [1.82, 2.24) is 15.3 Å². The molecule has 3 N–H and O–H groups in total. The van der Waals surface area contributed by atoms with Crippen LogP contribution in [0.3, 0.4) is 0 Å². The van der Waals surface area contributed by atoms with E-state index in [2.05, 4.69) is 20.2 Å². The quantitative estimate of drug-likeness (QED) is 0.816. The van der Waals surface area contributed by atoms with E-state index in [4.69, 9.17) is 5.73 Å². The van der Waals surface area contributed by atoms with E-state index in [1.165, 1.54) is 0 Å². The van der Waals surface area contributed by atoms with E-state index in [1.807, 2.05) is 6.92 Å². The normalized spacial score (nSPS) is 20.9. The number of nitrogens with one attached hydrogen (secondary N) is 1. The van der Waals surface area contributed by atoms with Crippen molar-refractivity contribution in [2.75, 3.05) is 18.0 Å². The molecule has 0 saturated carbocycles. The fourth-order valence-corrected chi connectivity index (χ4v) is 2.22. The molecule has 0 aliphatic carbocycles. The van der Waals surface area contributed by atoms with Crippen molar-refractivity contribution in [3.05, 3.63) is 18.5 Å². The highest BCUT2D eigenvalue weighted by atomic mass is 16.2. The smallest absolute Gasteiger partial charge is 0.237 e. The molecule has 104 valence electrons. The van der Waals surface area contributed by atoms with Crippen LogP contribution in [0.5, 0.6) is 0 Å². The molecule has 6 heteroatoms. The van der Waals surface area contributed by atoms with Crippen LogP contribution in [-0.2, 0) is 4.79 Å². The van der Waals surface area contributed by atoms with Crippen molar-refractivity contribution in [2.45, 2.75) is 38.3 Å². The minimum absolute atomic E-state index is 0.0664. The lowest BCUT2D eigenvalue weighted by Crippen LogP contribution is -2.52. The van der Waals surface area contributed by atoms with Gasteiger partial charge in [-0.1, -0.05) is 6.92 Å². The van der Waals surface area contributed by atoms with Crippen LogP contribution in [0.1, 0.15) is 26.2 Å². The maximum Gasteiger partial charge on any atom is 0.237 e. The molecule has 1 saturated heterocycles. The van der Waals surface area contributed by atoms with Crippen molar-refractivity contribution in [1.29, 1.82) is 0 Å². The van der Waals surface area contributed by atoms with Crippen molar-refractivity contribution in [2.24, 2.45) is 5.73 Å². The Bertz CT molecular complexity index is 411. The second-order valence-corrected chi connectivity index (χ2v) is 4.86. The van der Waals surface area contributed by atoms with Gasteiger partial charge in [0.25, 0.3) is 0 Å². The van der Waals surface area contributed by atoms with Crippen LogP contribution in [0.15, 0.2) is 18.5 Å². The standard InChI is InChI=1S/C13H21N5O/c1-2-11(14)12(19)17-10-5-3-8-18(9-10)13-15-6-4-7-16-13/h4,6-7,10-11H,2-3,5,8-9,14H2,1H3,(H,17,19)/t10?,11-/m1/s1. The highest BCUT2D eigenvalue weighted by molar-refractivity contribution is 5.81. The highest BCUT2D eigenvalue weighted by Crippen LogP contribution is 2.15. The zero-order chi connectivity index (χ0) is 13.7. The van der Waals surface area contributed by atoms with Crippen molar-refractivity contribution >= 4 is 11.9 Å². The van der Waals surface area contributed by atoms with E-state index >= 15 is 0 Å². The molecule has 1 fully saturated rings. The first-order chi connectivity index (χ1) is 9.20. The molecule has 1 aromatic heterocycles. The van der Waals surface area contributed by atoms with E-state index in [0.29, 0.717) is 6.42 Å². The minimum Gasteiger partial charge on any atom is -0.350 e. The number of piperidine rings is 1. The number of nitrogens with zero attached hydrogens (tertiary/aromatic N) is 3. The molecular formula is C13H21N5O. The molecular weight excluding hydrogens is 242 g/mol. The number of amides is 1. The van der Waals surface area contributed by atoms with Gasteiger partial charge in [-0.05, 0) is 25.3 Å². The summed E-state index contributed by atoms with van der Waals surface area (Å²) in [5.74, 6) is 0.657. The largest absolute Gasteiger partial charge is 0.350 e. The molecule has 2 rings (SSSR count). The summed E-state index contributed by atoms with van der Waals surface area (Å²) in [5.41, 5.74) is 5.73. The van der Waals surface area contributed by atoms with Crippen molar-refractivity contribution < 1.29 is 4.79 Å². The third-order valence-electron chi connectivity index (χ3n) is 3.38. The van der Waals surface area contributed by atoms with E-state index in [0.717, 1.165) is 31.9 Å². The third-order valence-corrected chi connectivity index (χ3v) is 3.38. The number of nitrogens with two attached hydrogens (primary N) is 1. The number of aromatic nitrogens is 2. The molecule has 0 spiro atoms. The fraction of sp³-hybridized carbons (Fsp3) is 0.615. The highest BCUT2D eigenvalue weighted by Gasteiger charge is 2.24. The molecule has 0 radical (unpaired) electrons. The van der Waals surface area contributed by atoms with E-state index < -0.39 is 6.04 Å². The predicted molar refractivity (Wildman–Crippen MR) is 73.7 cm³/mol. The first-order valence-corrected chi connectivity index (χ1v) is 6.78. The van der Waals surface area contributed by atoms with Crippen LogP contribution in [-0.4, -0.2) is 41.0 Å². The number of rotatable bonds is 4. The van der Waals surface area contributed by atoms with Gasteiger partial charge in [0.15, 0.2) is 0 Å². The van der Waals surface area contributed by atoms with Gasteiger partial charge in [0, 0.05) is 31.5 Å². The Kier molecular flexibility index (Phi) is 4.68. The molecule has 6 nitrogen and oxygen atoms in total. The van der Waals surface area contributed by atoms with Gasteiger partial charge < -0.3 is 16.0 Å². The number of carbonyl (C=O) groups is 1. The predicted octanol–water partition coefficient (Wildman–Crippen LogP) is 0.299. The Labute approximate surface area is 113 Å². The van der Waals surface area contributed by atoms with Crippen LogP contribution in [0.2, 0.25) is 0 Å². The zero-order valence-corrected chi connectivity index (χ0v) is 11.2. The first-order valence-electron chi connectivity index (χ1n) is 6.78. The zero-order valence-electron chi connectivity index (χ0n) is 11.2. The molecule has 1 amide bonds. The lowest BCUT2D eigenvalue weighted by atomic mass is 10.1. The number of anilines is 1. The van der Waals surface area contributed by atoms with Gasteiger partial charge in [-0.2, -0.15) is 0 Å².